The summed E-state index contributed by atoms with van der Waals surface area (Å²) in [6, 6.07) is 0. The van der Waals surface area contributed by atoms with Gasteiger partial charge >= 0.3 is 5.97 Å². The Kier molecular flexibility index (Phi) is 29.9. The number of esters is 1. The van der Waals surface area contributed by atoms with Crippen LogP contribution in [0.5, 0.6) is 0 Å². The van der Waals surface area contributed by atoms with E-state index in [0.717, 1.165) is 38.5 Å². The van der Waals surface area contributed by atoms with Crippen LogP contribution >= 0.6 is 0 Å². The zero-order valence-corrected chi connectivity index (χ0v) is 35.3. The van der Waals surface area contributed by atoms with Gasteiger partial charge in [0.15, 0.2) is 12.6 Å². The first-order chi connectivity index (χ1) is 27.6. The molecule has 2 aliphatic heterocycles. The molecule has 11 unspecified atom stereocenters. The summed E-state index contributed by atoms with van der Waals surface area (Å²) in [6.45, 7) is 3.68. The predicted octanol–water partition coefficient (Wildman–Crippen LogP) is 4.96. The minimum atomic E-state index is -1.70. The number of aliphatic hydroxyl groups is 7. The molecule has 11 atom stereocenters. The van der Waals surface area contributed by atoms with Gasteiger partial charge in [-0.1, -0.05) is 149 Å². The van der Waals surface area contributed by atoms with Crippen molar-refractivity contribution in [1.82, 2.24) is 0 Å². The third kappa shape index (κ3) is 21.9. The van der Waals surface area contributed by atoms with Crippen LogP contribution in [-0.4, -0.2) is 142 Å². The van der Waals surface area contributed by atoms with Gasteiger partial charge in [-0.15, -0.1) is 0 Å². The molecule has 0 bridgehead atoms. The number of ether oxygens (including phenoxy) is 6. The van der Waals surface area contributed by atoms with E-state index < -0.39 is 80.7 Å². The largest absolute Gasteiger partial charge is 0.457 e. The molecule has 0 radical (unpaired) electrons. The van der Waals surface area contributed by atoms with Crippen LogP contribution in [0.1, 0.15) is 168 Å². The van der Waals surface area contributed by atoms with Crippen LogP contribution in [0.3, 0.4) is 0 Å². The van der Waals surface area contributed by atoms with Gasteiger partial charge in [0.1, 0.15) is 54.9 Å². The molecule has 14 heteroatoms. The second-order valence-corrected chi connectivity index (χ2v) is 16.2. The lowest BCUT2D eigenvalue weighted by atomic mass is 9.98. The summed E-state index contributed by atoms with van der Waals surface area (Å²) in [6.07, 6.45) is 11.7. The van der Waals surface area contributed by atoms with Crippen molar-refractivity contribution < 1.29 is 69.0 Å². The van der Waals surface area contributed by atoms with Gasteiger partial charge in [-0.2, -0.15) is 0 Å². The molecular weight excluding hydrogens is 740 g/mol. The maximum atomic E-state index is 12.9. The molecule has 2 heterocycles. The average molecular weight is 823 g/mol. The SMILES string of the molecule is CCCCCCCCCCCCCCC(=O)OC(COCCCCCCCCCCCCC)COC1OC(COC2OC(CO)C(O)C(O)C2O)C(O)C(O)C1O. The third-order valence-electron chi connectivity index (χ3n) is 11.1. The van der Waals surface area contributed by atoms with Crippen molar-refractivity contribution in [2.45, 2.75) is 235 Å². The second kappa shape index (κ2) is 32.7. The van der Waals surface area contributed by atoms with Crippen molar-refractivity contribution in [3.63, 3.8) is 0 Å². The molecular formula is C43H82O14. The molecule has 338 valence electrons. The Bertz CT molecular complexity index is 959. The fraction of sp³-hybridized carbons (Fsp3) is 0.977. The minimum absolute atomic E-state index is 0.0690. The Labute approximate surface area is 342 Å². The average Bonchev–Trinajstić information content (AvgIpc) is 3.20. The van der Waals surface area contributed by atoms with E-state index in [4.69, 9.17) is 28.4 Å². The highest BCUT2D eigenvalue weighted by molar-refractivity contribution is 5.69. The van der Waals surface area contributed by atoms with E-state index in [1.54, 1.807) is 0 Å². The van der Waals surface area contributed by atoms with Crippen molar-refractivity contribution in [3.8, 4) is 0 Å². The number of carbonyl (C=O) groups excluding carboxylic acids is 1. The highest BCUT2D eigenvalue weighted by atomic mass is 16.7. The summed E-state index contributed by atoms with van der Waals surface area (Å²) >= 11 is 0. The van der Waals surface area contributed by atoms with E-state index in [1.807, 2.05) is 0 Å². The number of rotatable bonds is 35. The summed E-state index contributed by atoms with van der Waals surface area (Å²) in [4.78, 5) is 12.9. The lowest BCUT2D eigenvalue weighted by Gasteiger charge is -2.42. The fourth-order valence-corrected chi connectivity index (χ4v) is 7.34. The monoisotopic (exact) mass is 823 g/mol. The lowest BCUT2D eigenvalue weighted by molar-refractivity contribution is -0.332. The normalized spacial score (nSPS) is 28.4. The highest BCUT2D eigenvalue weighted by Gasteiger charge is 2.47. The first-order valence-corrected chi connectivity index (χ1v) is 22.6. The zero-order valence-electron chi connectivity index (χ0n) is 35.3. The number of carbonyl (C=O) groups is 1. The maximum Gasteiger partial charge on any atom is 0.306 e. The van der Waals surface area contributed by atoms with Gasteiger partial charge in [-0.3, -0.25) is 4.79 Å². The predicted molar refractivity (Wildman–Crippen MR) is 215 cm³/mol. The minimum Gasteiger partial charge on any atom is -0.457 e. The molecule has 2 rings (SSSR count). The highest BCUT2D eigenvalue weighted by Crippen LogP contribution is 2.26. The molecule has 0 aliphatic carbocycles. The number of hydrogen-bond acceptors (Lipinski definition) is 14. The summed E-state index contributed by atoms with van der Waals surface area (Å²) in [5, 5.41) is 71.8. The molecule has 2 fully saturated rings. The first-order valence-electron chi connectivity index (χ1n) is 22.6. The Hall–Kier alpha value is -1.01. The number of unbranched alkanes of at least 4 members (excludes halogenated alkanes) is 21. The van der Waals surface area contributed by atoms with Crippen molar-refractivity contribution in [1.29, 1.82) is 0 Å². The Morgan fingerprint density at radius 3 is 1.42 bits per heavy atom. The Morgan fingerprint density at radius 1 is 0.509 bits per heavy atom. The molecule has 2 aliphatic rings. The lowest BCUT2D eigenvalue weighted by Crippen LogP contribution is -2.61. The molecule has 0 amide bonds. The molecule has 0 aromatic heterocycles. The van der Waals surface area contributed by atoms with Gasteiger partial charge < -0.3 is 64.2 Å². The third-order valence-corrected chi connectivity index (χ3v) is 11.1. The summed E-state index contributed by atoms with van der Waals surface area (Å²) in [5.41, 5.74) is 0. The van der Waals surface area contributed by atoms with Crippen LogP contribution < -0.4 is 0 Å². The van der Waals surface area contributed by atoms with Gasteiger partial charge in [-0.25, -0.2) is 0 Å². The van der Waals surface area contributed by atoms with Gasteiger partial charge in [0.05, 0.1) is 26.4 Å². The van der Waals surface area contributed by atoms with E-state index >= 15 is 0 Å². The molecule has 0 spiro atoms. The van der Waals surface area contributed by atoms with Gasteiger partial charge in [-0.05, 0) is 12.8 Å². The topological polar surface area (TPSA) is 214 Å². The van der Waals surface area contributed by atoms with Crippen molar-refractivity contribution >= 4 is 5.97 Å². The summed E-state index contributed by atoms with van der Waals surface area (Å²) in [5.74, 6) is -0.375. The van der Waals surface area contributed by atoms with Gasteiger partial charge in [0.2, 0.25) is 0 Å². The molecule has 0 aromatic rings. The molecule has 7 N–H and O–H groups in total. The molecule has 57 heavy (non-hydrogen) atoms. The van der Waals surface area contributed by atoms with E-state index in [1.165, 1.54) is 103 Å². The van der Waals surface area contributed by atoms with Crippen LogP contribution in [0.2, 0.25) is 0 Å². The zero-order chi connectivity index (χ0) is 41.7. The van der Waals surface area contributed by atoms with Crippen LogP contribution in [-0.2, 0) is 33.2 Å². The Morgan fingerprint density at radius 2 is 0.930 bits per heavy atom. The quantitative estimate of drug-likeness (QED) is 0.0333. The van der Waals surface area contributed by atoms with E-state index in [2.05, 4.69) is 13.8 Å². The van der Waals surface area contributed by atoms with E-state index in [0.29, 0.717) is 13.0 Å². The molecule has 14 nitrogen and oxygen atoms in total. The van der Waals surface area contributed by atoms with E-state index in [9.17, 15) is 40.5 Å². The van der Waals surface area contributed by atoms with Crippen LogP contribution in [0.15, 0.2) is 0 Å². The fourth-order valence-electron chi connectivity index (χ4n) is 7.34. The smallest absolute Gasteiger partial charge is 0.306 e. The van der Waals surface area contributed by atoms with Gasteiger partial charge in [0, 0.05) is 13.0 Å². The molecule has 2 saturated heterocycles. The van der Waals surface area contributed by atoms with Crippen molar-refractivity contribution in [2.24, 2.45) is 0 Å². The second-order valence-electron chi connectivity index (χ2n) is 16.2. The summed E-state index contributed by atoms with van der Waals surface area (Å²) in [7, 11) is 0. The van der Waals surface area contributed by atoms with Crippen LogP contribution in [0, 0.1) is 0 Å². The molecule has 0 aromatic carbocycles. The van der Waals surface area contributed by atoms with Crippen molar-refractivity contribution in [2.75, 3.05) is 33.0 Å². The first kappa shape index (κ1) is 52.1. The van der Waals surface area contributed by atoms with Crippen LogP contribution in [0.25, 0.3) is 0 Å². The van der Waals surface area contributed by atoms with Crippen molar-refractivity contribution in [3.05, 3.63) is 0 Å². The van der Waals surface area contributed by atoms with E-state index in [-0.39, 0.29) is 25.6 Å². The number of hydrogen-bond donors (Lipinski definition) is 7. The van der Waals surface area contributed by atoms with Crippen LogP contribution in [0.4, 0.5) is 0 Å². The van der Waals surface area contributed by atoms with Gasteiger partial charge in [0.25, 0.3) is 0 Å². The summed E-state index contributed by atoms with van der Waals surface area (Å²) < 4.78 is 34.1. The Balaban J connectivity index is 1.82. The molecule has 0 saturated carbocycles. The standard InChI is InChI=1S/C43H82O14/c1-3-5-7-9-11-13-15-16-18-20-22-24-26-35(45)55-32(29-52-27-25-23-21-19-17-14-12-10-8-6-4-2)30-53-42-41(51)39(49)37(47)34(57-42)31-54-43-40(50)38(48)36(46)33(28-44)56-43/h32-34,36-44,46-51H,3-31H2,1-2H3. The number of aliphatic hydroxyl groups excluding tert-OH is 7. The maximum absolute atomic E-state index is 12.9.